The average molecular weight is 349 g/mol. The summed E-state index contributed by atoms with van der Waals surface area (Å²) in [4.78, 5) is 0. The Morgan fingerprint density at radius 1 is 1.04 bits per heavy atom. The van der Waals surface area contributed by atoms with Gasteiger partial charge < -0.3 is 0 Å². The Hall–Kier alpha value is -2.31. The fourth-order valence-electron chi connectivity index (χ4n) is 2.87. The third kappa shape index (κ3) is 4.61. The van der Waals surface area contributed by atoms with Crippen molar-refractivity contribution in [1.82, 2.24) is 0 Å². The van der Waals surface area contributed by atoms with Crippen molar-refractivity contribution in [3.05, 3.63) is 102 Å². The smallest absolute Gasteiger partial charge is 0.0453 e. The second-order valence-electron chi connectivity index (χ2n) is 5.88. The zero-order chi connectivity index (χ0) is 18.2. The number of aryl methyl sites for hydroxylation is 1. The molecule has 0 aromatic heterocycles. The minimum absolute atomic E-state index is 0.104. The van der Waals surface area contributed by atoms with Crippen LogP contribution in [0.2, 0.25) is 5.02 Å². The molecule has 0 fully saturated rings. The van der Waals surface area contributed by atoms with Crippen LogP contribution < -0.4 is 0 Å². The van der Waals surface area contributed by atoms with Gasteiger partial charge in [0.05, 0.1) is 0 Å². The third-order valence-electron chi connectivity index (χ3n) is 4.31. The topological polar surface area (TPSA) is 0 Å². The van der Waals surface area contributed by atoms with Crippen molar-refractivity contribution in [3.63, 3.8) is 0 Å². The van der Waals surface area contributed by atoms with Crippen LogP contribution in [0.1, 0.15) is 36.5 Å². The molecule has 0 heterocycles. The minimum atomic E-state index is 0.104. The zero-order valence-corrected chi connectivity index (χ0v) is 15.8. The fraction of sp³-hybridized carbons (Fsp3) is 0.167. The van der Waals surface area contributed by atoms with Crippen molar-refractivity contribution in [2.24, 2.45) is 0 Å². The summed E-state index contributed by atoms with van der Waals surface area (Å²) in [6, 6.07) is 12.7. The van der Waals surface area contributed by atoms with Crippen LogP contribution in [-0.2, 0) is 6.42 Å². The van der Waals surface area contributed by atoms with Crippen molar-refractivity contribution in [3.8, 4) is 11.1 Å². The molecule has 1 unspecified atom stereocenters. The maximum absolute atomic E-state index is 6.58. The lowest BCUT2D eigenvalue weighted by Gasteiger charge is -2.13. The first-order valence-corrected chi connectivity index (χ1v) is 8.99. The molecule has 0 saturated carbocycles. The summed E-state index contributed by atoms with van der Waals surface area (Å²) in [5.41, 5.74) is 5.86. The summed E-state index contributed by atoms with van der Waals surface area (Å²) in [5, 5.41) is 0.762. The van der Waals surface area contributed by atoms with Gasteiger partial charge in [-0.25, -0.2) is 0 Å². The molecule has 2 aromatic rings. The van der Waals surface area contributed by atoms with Crippen LogP contribution in [0.15, 0.2) is 79.9 Å². The first-order valence-electron chi connectivity index (χ1n) is 8.61. The average Bonchev–Trinajstić information content (AvgIpc) is 2.65. The van der Waals surface area contributed by atoms with E-state index in [-0.39, 0.29) is 5.92 Å². The Bertz CT molecular complexity index is 809. The lowest BCUT2D eigenvalue weighted by molar-refractivity contribution is 1.09. The van der Waals surface area contributed by atoms with Gasteiger partial charge in [0.1, 0.15) is 0 Å². The molecule has 1 heteroatoms. The largest absolute Gasteiger partial charge is 0.102 e. The van der Waals surface area contributed by atoms with E-state index in [2.05, 4.69) is 56.5 Å². The number of halogens is 1. The SMILES string of the molecule is C=Cc1ccc(-c2ccc(C(C=C)/C=C\C=C/C)c(Cl)c2)cc1CC. The first kappa shape index (κ1) is 19.0. The van der Waals surface area contributed by atoms with E-state index in [1.54, 1.807) is 0 Å². The van der Waals surface area contributed by atoms with Crippen LogP contribution in [0.4, 0.5) is 0 Å². The van der Waals surface area contributed by atoms with E-state index in [1.807, 2.05) is 43.4 Å². The monoisotopic (exact) mass is 348 g/mol. The lowest BCUT2D eigenvalue weighted by atomic mass is 9.94. The van der Waals surface area contributed by atoms with Gasteiger partial charge in [-0.3, -0.25) is 0 Å². The van der Waals surface area contributed by atoms with Gasteiger partial charge in [-0.05, 0) is 47.2 Å². The van der Waals surface area contributed by atoms with Gasteiger partial charge in [-0.1, -0.05) is 91.9 Å². The number of hydrogen-bond donors (Lipinski definition) is 0. The van der Waals surface area contributed by atoms with Crippen LogP contribution >= 0.6 is 11.6 Å². The predicted molar refractivity (Wildman–Crippen MR) is 113 cm³/mol. The second-order valence-corrected chi connectivity index (χ2v) is 6.29. The van der Waals surface area contributed by atoms with Crippen molar-refractivity contribution in [2.75, 3.05) is 0 Å². The first-order chi connectivity index (χ1) is 12.1. The highest BCUT2D eigenvalue weighted by Crippen LogP contribution is 2.32. The standard InChI is InChI=1S/C24H25Cl/c1-5-9-10-11-19(7-3)23-15-14-22(17-24(23)25)21-13-12-18(6-2)20(8-4)16-21/h5-7,9-17,19H,2-3,8H2,1,4H3/b9-5-,11-10-. The molecular weight excluding hydrogens is 324 g/mol. The van der Waals surface area contributed by atoms with E-state index in [9.17, 15) is 0 Å². The Balaban J connectivity index is 2.39. The molecule has 0 bridgehead atoms. The second kappa shape index (κ2) is 9.25. The molecule has 0 aliphatic carbocycles. The van der Waals surface area contributed by atoms with E-state index in [1.165, 1.54) is 16.7 Å². The van der Waals surface area contributed by atoms with Crippen molar-refractivity contribution >= 4 is 17.7 Å². The quantitative estimate of drug-likeness (QED) is 0.356. The van der Waals surface area contributed by atoms with Crippen LogP contribution in [-0.4, -0.2) is 0 Å². The molecule has 0 N–H and O–H groups in total. The van der Waals surface area contributed by atoms with Crippen LogP contribution in [0.25, 0.3) is 17.2 Å². The maximum Gasteiger partial charge on any atom is 0.0453 e. The number of rotatable bonds is 7. The van der Waals surface area contributed by atoms with Crippen molar-refractivity contribution in [1.29, 1.82) is 0 Å². The normalized spacial score (nSPS) is 12.6. The van der Waals surface area contributed by atoms with Gasteiger partial charge in [-0.2, -0.15) is 0 Å². The van der Waals surface area contributed by atoms with E-state index in [4.69, 9.17) is 11.6 Å². The van der Waals surface area contributed by atoms with E-state index in [0.29, 0.717) is 0 Å². The molecule has 0 radical (unpaired) electrons. The lowest BCUT2D eigenvalue weighted by Crippen LogP contribution is -1.93. The minimum Gasteiger partial charge on any atom is -0.102 e. The van der Waals surface area contributed by atoms with E-state index in [0.717, 1.165) is 22.6 Å². The highest BCUT2D eigenvalue weighted by atomic mass is 35.5. The molecule has 0 aliphatic heterocycles. The summed E-state index contributed by atoms with van der Waals surface area (Å²) in [6.45, 7) is 12.0. The van der Waals surface area contributed by atoms with Crippen LogP contribution in [0.3, 0.4) is 0 Å². The number of benzene rings is 2. The molecule has 2 rings (SSSR count). The Morgan fingerprint density at radius 3 is 2.36 bits per heavy atom. The molecule has 0 spiro atoms. The molecule has 128 valence electrons. The molecule has 1 atom stereocenters. The summed E-state index contributed by atoms with van der Waals surface area (Å²) >= 11 is 6.58. The molecule has 25 heavy (non-hydrogen) atoms. The van der Waals surface area contributed by atoms with E-state index < -0.39 is 0 Å². The maximum atomic E-state index is 6.58. The Kier molecular flexibility index (Phi) is 7.03. The number of hydrogen-bond acceptors (Lipinski definition) is 0. The van der Waals surface area contributed by atoms with Crippen LogP contribution in [0, 0.1) is 0 Å². The zero-order valence-electron chi connectivity index (χ0n) is 15.0. The third-order valence-corrected chi connectivity index (χ3v) is 4.64. The predicted octanol–water partition coefficient (Wildman–Crippen LogP) is 7.61. The molecule has 0 aliphatic rings. The molecule has 0 amide bonds. The number of allylic oxidation sites excluding steroid dienone is 5. The highest BCUT2D eigenvalue weighted by Gasteiger charge is 2.10. The summed E-state index contributed by atoms with van der Waals surface area (Å²) in [7, 11) is 0. The highest BCUT2D eigenvalue weighted by molar-refractivity contribution is 6.31. The van der Waals surface area contributed by atoms with Gasteiger partial charge in [0.25, 0.3) is 0 Å². The summed E-state index contributed by atoms with van der Waals surface area (Å²) in [6.07, 6.45) is 12.9. The van der Waals surface area contributed by atoms with Gasteiger partial charge in [-0.15, -0.1) is 6.58 Å². The molecule has 0 saturated heterocycles. The van der Waals surface area contributed by atoms with Crippen LogP contribution in [0.5, 0.6) is 0 Å². The van der Waals surface area contributed by atoms with Gasteiger partial charge in [0, 0.05) is 10.9 Å². The Morgan fingerprint density at radius 2 is 1.76 bits per heavy atom. The molecule has 0 nitrogen and oxygen atoms in total. The van der Waals surface area contributed by atoms with Crippen molar-refractivity contribution < 1.29 is 0 Å². The molecule has 2 aromatic carbocycles. The fourth-order valence-corrected chi connectivity index (χ4v) is 3.18. The van der Waals surface area contributed by atoms with Gasteiger partial charge in [0.15, 0.2) is 0 Å². The Labute approximate surface area is 156 Å². The molecular formula is C24H25Cl. The van der Waals surface area contributed by atoms with E-state index >= 15 is 0 Å². The van der Waals surface area contributed by atoms with Gasteiger partial charge >= 0.3 is 0 Å². The van der Waals surface area contributed by atoms with Crippen molar-refractivity contribution in [2.45, 2.75) is 26.2 Å². The summed E-state index contributed by atoms with van der Waals surface area (Å²) in [5.74, 6) is 0.104. The van der Waals surface area contributed by atoms with Gasteiger partial charge in [0.2, 0.25) is 0 Å². The summed E-state index contributed by atoms with van der Waals surface area (Å²) < 4.78 is 0.